The highest BCUT2D eigenvalue weighted by molar-refractivity contribution is 7.98. The van der Waals surface area contributed by atoms with Crippen molar-refractivity contribution >= 4 is 23.6 Å². The highest BCUT2D eigenvalue weighted by Gasteiger charge is 2.21. The van der Waals surface area contributed by atoms with Crippen LogP contribution in [0.1, 0.15) is 26.7 Å². The van der Waals surface area contributed by atoms with Gasteiger partial charge in [0.1, 0.15) is 6.04 Å². The summed E-state index contributed by atoms with van der Waals surface area (Å²) in [7, 11) is 0. The minimum atomic E-state index is -0.617. The molecule has 0 aliphatic rings. The van der Waals surface area contributed by atoms with Crippen LogP contribution in [0.5, 0.6) is 0 Å². The molecule has 2 amide bonds. The van der Waals surface area contributed by atoms with Gasteiger partial charge in [-0.1, -0.05) is 13.8 Å². The predicted octanol–water partition coefficient (Wildman–Crippen LogP) is 0.0830. The molecule has 6 heteroatoms. The summed E-state index contributed by atoms with van der Waals surface area (Å²) in [5.41, 5.74) is 10.9. The standard InChI is InChI=1S/C11H23N3O2S/c1-7(2)6-8(12)11(16)14-9(10(13)15)4-5-17-3/h7-9H,4-6,12H2,1-3H3,(H2,13,15)(H,14,16)/t8-,9-/m1/s1. The molecule has 0 radical (unpaired) electrons. The van der Waals surface area contributed by atoms with Crippen LogP contribution in [0, 0.1) is 5.92 Å². The van der Waals surface area contributed by atoms with Crippen LogP contribution in [0.15, 0.2) is 0 Å². The molecule has 0 aromatic carbocycles. The molecule has 100 valence electrons. The lowest BCUT2D eigenvalue weighted by Gasteiger charge is -2.19. The highest BCUT2D eigenvalue weighted by atomic mass is 32.2. The molecule has 0 unspecified atom stereocenters. The lowest BCUT2D eigenvalue weighted by molar-refractivity contribution is -0.128. The number of hydrogen-bond donors (Lipinski definition) is 3. The van der Waals surface area contributed by atoms with Gasteiger partial charge in [-0.3, -0.25) is 9.59 Å². The third-order valence-electron chi connectivity index (χ3n) is 2.33. The Bertz CT molecular complexity index is 259. The van der Waals surface area contributed by atoms with Crippen LogP contribution in [0.25, 0.3) is 0 Å². The second kappa shape index (κ2) is 8.36. The van der Waals surface area contributed by atoms with E-state index in [9.17, 15) is 9.59 Å². The van der Waals surface area contributed by atoms with Gasteiger partial charge in [0.05, 0.1) is 6.04 Å². The molecular weight excluding hydrogens is 238 g/mol. The van der Waals surface area contributed by atoms with Gasteiger partial charge >= 0.3 is 0 Å². The second-order valence-electron chi connectivity index (χ2n) is 4.48. The first-order valence-corrected chi connectivity index (χ1v) is 7.12. The van der Waals surface area contributed by atoms with Crippen molar-refractivity contribution in [1.82, 2.24) is 5.32 Å². The van der Waals surface area contributed by atoms with Crippen molar-refractivity contribution in [3.05, 3.63) is 0 Å². The fourth-order valence-corrected chi connectivity index (χ4v) is 1.89. The SMILES string of the molecule is CSCC[C@@H](NC(=O)[C@H](N)CC(C)C)C(N)=O. The van der Waals surface area contributed by atoms with Crippen LogP contribution in [-0.2, 0) is 9.59 Å². The Morgan fingerprint density at radius 3 is 2.35 bits per heavy atom. The Morgan fingerprint density at radius 2 is 1.94 bits per heavy atom. The van der Waals surface area contributed by atoms with E-state index in [-0.39, 0.29) is 5.91 Å². The summed E-state index contributed by atoms with van der Waals surface area (Å²) >= 11 is 1.60. The number of amides is 2. The summed E-state index contributed by atoms with van der Waals surface area (Å²) in [6.45, 7) is 3.98. The van der Waals surface area contributed by atoms with Crippen LogP contribution in [0.3, 0.4) is 0 Å². The average Bonchev–Trinajstić information content (AvgIpc) is 2.22. The minimum Gasteiger partial charge on any atom is -0.368 e. The van der Waals surface area contributed by atoms with Gasteiger partial charge in [0.15, 0.2) is 0 Å². The van der Waals surface area contributed by atoms with Gasteiger partial charge < -0.3 is 16.8 Å². The zero-order valence-electron chi connectivity index (χ0n) is 10.7. The minimum absolute atomic E-state index is 0.302. The van der Waals surface area contributed by atoms with Gasteiger partial charge in [0.2, 0.25) is 11.8 Å². The quantitative estimate of drug-likeness (QED) is 0.576. The van der Waals surface area contributed by atoms with Crippen molar-refractivity contribution in [2.24, 2.45) is 17.4 Å². The van der Waals surface area contributed by atoms with Crippen molar-refractivity contribution in [1.29, 1.82) is 0 Å². The van der Waals surface area contributed by atoms with Gasteiger partial charge in [0, 0.05) is 0 Å². The van der Waals surface area contributed by atoms with Crippen molar-refractivity contribution in [3.63, 3.8) is 0 Å². The first-order chi connectivity index (χ1) is 7.88. The van der Waals surface area contributed by atoms with Crippen LogP contribution in [0.4, 0.5) is 0 Å². The molecule has 0 aliphatic carbocycles. The smallest absolute Gasteiger partial charge is 0.240 e. The fraction of sp³-hybridized carbons (Fsp3) is 0.818. The average molecular weight is 261 g/mol. The van der Waals surface area contributed by atoms with Gasteiger partial charge in [-0.05, 0) is 30.8 Å². The molecule has 0 aromatic heterocycles. The monoisotopic (exact) mass is 261 g/mol. The van der Waals surface area contributed by atoms with Crippen molar-refractivity contribution in [2.75, 3.05) is 12.0 Å². The fourth-order valence-electron chi connectivity index (χ4n) is 1.41. The summed E-state index contributed by atoms with van der Waals surface area (Å²) in [6, 6.07) is -1.20. The number of primary amides is 1. The number of carbonyl (C=O) groups excluding carboxylic acids is 2. The highest BCUT2D eigenvalue weighted by Crippen LogP contribution is 2.04. The van der Waals surface area contributed by atoms with E-state index >= 15 is 0 Å². The maximum atomic E-state index is 11.7. The van der Waals surface area contributed by atoms with Crippen LogP contribution in [-0.4, -0.2) is 35.9 Å². The number of rotatable bonds is 8. The molecule has 0 aromatic rings. The largest absolute Gasteiger partial charge is 0.368 e. The third kappa shape index (κ3) is 7.23. The molecule has 0 saturated carbocycles. The number of hydrogen-bond acceptors (Lipinski definition) is 4. The first-order valence-electron chi connectivity index (χ1n) is 5.72. The zero-order valence-corrected chi connectivity index (χ0v) is 11.5. The number of carbonyl (C=O) groups is 2. The Kier molecular flexibility index (Phi) is 7.99. The Hall–Kier alpha value is -0.750. The number of thioether (sulfide) groups is 1. The van der Waals surface area contributed by atoms with Gasteiger partial charge in [-0.25, -0.2) is 0 Å². The second-order valence-corrected chi connectivity index (χ2v) is 5.47. The molecule has 0 saturated heterocycles. The van der Waals surface area contributed by atoms with E-state index in [4.69, 9.17) is 11.5 Å². The Morgan fingerprint density at radius 1 is 1.35 bits per heavy atom. The molecule has 2 atom stereocenters. The third-order valence-corrected chi connectivity index (χ3v) is 2.98. The molecule has 17 heavy (non-hydrogen) atoms. The van der Waals surface area contributed by atoms with Crippen molar-refractivity contribution in [3.8, 4) is 0 Å². The van der Waals surface area contributed by atoms with E-state index < -0.39 is 18.0 Å². The van der Waals surface area contributed by atoms with Crippen LogP contribution < -0.4 is 16.8 Å². The molecule has 0 bridgehead atoms. The molecule has 0 rings (SSSR count). The summed E-state index contributed by atoms with van der Waals surface area (Å²) in [6.07, 6.45) is 3.07. The van der Waals surface area contributed by atoms with Gasteiger partial charge in [-0.2, -0.15) is 11.8 Å². The molecule has 0 heterocycles. The van der Waals surface area contributed by atoms with E-state index in [0.29, 0.717) is 18.8 Å². The molecule has 0 aliphatic heterocycles. The van der Waals surface area contributed by atoms with Crippen LogP contribution in [0.2, 0.25) is 0 Å². The summed E-state index contributed by atoms with van der Waals surface area (Å²) < 4.78 is 0. The van der Waals surface area contributed by atoms with E-state index in [1.165, 1.54) is 0 Å². The summed E-state index contributed by atoms with van der Waals surface area (Å²) in [4.78, 5) is 22.8. The van der Waals surface area contributed by atoms with E-state index in [1.54, 1.807) is 11.8 Å². The first kappa shape index (κ1) is 16.2. The van der Waals surface area contributed by atoms with Gasteiger partial charge in [0.25, 0.3) is 0 Å². The summed E-state index contributed by atoms with van der Waals surface area (Å²) in [5, 5.41) is 2.60. The number of nitrogens with one attached hydrogen (secondary N) is 1. The Labute approximate surface area is 107 Å². The molecule has 0 fully saturated rings. The van der Waals surface area contributed by atoms with Gasteiger partial charge in [-0.15, -0.1) is 0 Å². The lowest BCUT2D eigenvalue weighted by atomic mass is 10.0. The van der Waals surface area contributed by atoms with E-state index in [0.717, 1.165) is 5.75 Å². The van der Waals surface area contributed by atoms with Crippen molar-refractivity contribution in [2.45, 2.75) is 38.8 Å². The van der Waals surface area contributed by atoms with Crippen LogP contribution >= 0.6 is 11.8 Å². The molecule has 0 spiro atoms. The molecule has 5 N–H and O–H groups in total. The maximum absolute atomic E-state index is 11.7. The summed E-state index contributed by atoms with van der Waals surface area (Å²) in [5.74, 6) is 0.301. The van der Waals surface area contributed by atoms with E-state index in [1.807, 2.05) is 20.1 Å². The zero-order chi connectivity index (χ0) is 13.4. The Balaban J connectivity index is 4.24. The molecular formula is C11H23N3O2S. The van der Waals surface area contributed by atoms with Crippen molar-refractivity contribution < 1.29 is 9.59 Å². The maximum Gasteiger partial charge on any atom is 0.240 e. The lowest BCUT2D eigenvalue weighted by Crippen LogP contribution is -2.50. The topological polar surface area (TPSA) is 98.2 Å². The van der Waals surface area contributed by atoms with E-state index in [2.05, 4.69) is 5.32 Å². The number of nitrogens with two attached hydrogens (primary N) is 2. The molecule has 5 nitrogen and oxygen atoms in total. The normalized spacial score (nSPS) is 14.4. The predicted molar refractivity (Wildman–Crippen MR) is 71.6 cm³/mol.